The molecule has 2 aromatic carbocycles. The molecular weight excluding hydrogens is 469 g/mol. The van der Waals surface area contributed by atoms with Crippen LogP contribution < -0.4 is 21.1 Å². The topological polar surface area (TPSA) is 101 Å². The molecular formula is C28H30FN7O. The van der Waals surface area contributed by atoms with Gasteiger partial charge in [-0.05, 0) is 69.1 Å². The van der Waals surface area contributed by atoms with Crippen LogP contribution in [0.2, 0.25) is 0 Å². The largest absolute Gasteiger partial charge is 0.468 e. The molecule has 0 saturated carbocycles. The lowest BCUT2D eigenvalue weighted by molar-refractivity contribution is 0.109. The summed E-state index contributed by atoms with van der Waals surface area (Å²) in [6.07, 6.45) is 4.24. The Morgan fingerprint density at radius 2 is 1.97 bits per heavy atom. The molecule has 4 aromatic rings. The van der Waals surface area contributed by atoms with Crippen LogP contribution in [-0.2, 0) is 13.0 Å². The van der Waals surface area contributed by atoms with Gasteiger partial charge in [-0.25, -0.2) is 19.3 Å². The van der Waals surface area contributed by atoms with Crippen molar-refractivity contribution in [2.75, 3.05) is 36.5 Å². The van der Waals surface area contributed by atoms with Gasteiger partial charge in [0.05, 0.1) is 17.7 Å². The molecule has 2 aliphatic rings. The van der Waals surface area contributed by atoms with Crippen molar-refractivity contribution in [2.45, 2.75) is 39.3 Å². The number of pyridine rings is 1. The van der Waals surface area contributed by atoms with Gasteiger partial charge in [-0.2, -0.15) is 0 Å². The Morgan fingerprint density at radius 3 is 2.81 bits per heavy atom. The summed E-state index contributed by atoms with van der Waals surface area (Å²) in [6.45, 7) is 8.50. The van der Waals surface area contributed by atoms with Gasteiger partial charge in [0, 0.05) is 47.7 Å². The minimum absolute atomic E-state index is 0.0123. The molecule has 37 heavy (non-hydrogen) atoms. The third kappa shape index (κ3) is 4.19. The van der Waals surface area contributed by atoms with Crippen molar-refractivity contribution < 1.29 is 9.13 Å². The number of nitrogen functional groups attached to an aromatic ring is 1. The molecule has 9 heteroatoms. The Labute approximate surface area is 215 Å². The number of rotatable bonds is 3. The number of aromatic nitrogens is 3. The number of likely N-dealkylation sites (N-methyl/N-ethyl adjacent to an activating group) is 1. The number of ether oxygens (including phenoxy) is 1. The van der Waals surface area contributed by atoms with Crippen LogP contribution in [0.25, 0.3) is 22.0 Å². The van der Waals surface area contributed by atoms with Crippen LogP contribution in [0.3, 0.4) is 0 Å². The highest BCUT2D eigenvalue weighted by Crippen LogP contribution is 2.41. The summed E-state index contributed by atoms with van der Waals surface area (Å²) in [5.41, 5.74) is 12.6. The van der Waals surface area contributed by atoms with Crippen molar-refractivity contribution >= 4 is 33.9 Å². The second-order valence-corrected chi connectivity index (χ2v) is 10.6. The van der Waals surface area contributed by atoms with Gasteiger partial charge >= 0.3 is 0 Å². The van der Waals surface area contributed by atoms with Crippen molar-refractivity contribution in [1.29, 1.82) is 0 Å². The van der Waals surface area contributed by atoms with Crippen LogP contribution in [0.4, 0.5) is 27.4 Å². The molecule has 8 nitrogen and oxygen atoms in total. The second-order valence-electron chi connectivity index (χ2n) is 10.6. The predicted octanol–water partition coefficient (Wildman–Crippen LogP) is 5.04. The highest BCUT2D eigenvalue weighted by Gasteiger charge is 2.29. The van der Waals surface area contributed by atoms with Crippen LogP contribution in [0.5, 0.6) is 5.88 Å². The number of hydrogen-bond donors (Lipinski definition) is 3. The minimum atomic E-state index is -0.516. The number of hydrogen-bond acceptors (Lipinski definition) is 8. The fraction of sp³-hybridized carbons (Fsp3) is 0.321. The van der Waals surface area contributed by atoms with Crippen molar-refractivity contribution in [3.05, 3.63) is 59.2 Å². The molecule has 4 heterocycles. The number of halogens is 1. The zero-order valence-electron chi connectivity index (χ0n) is 21.4. The Bertz CT molecular complexity index is 1550. The first kappa shape index (κ1) is 23.4. The molecule has 190 valence electrons. The summed E-state index contributed by atoms with van der Waals surface area (Å²) in [4.78, 5) is 15.9. The monoisotopic (exact) mass is 499 g/mol. The quantitative estimate of drug-likeness (QED) is 0.337. The smallest absolute Gasteiger partial charge is 0.238 e. The predicted molar refractivity (Wildman–Crippen MR) is 145 cm³/mol. The van der Waals surface area contributed by atoms with Gasteiger partial charge in [0.2, 0.25) is 11.8 Å². The van der Waals surface area contributed by atoms with Gasteiger partial charge < -0.3 is 26.0 Å². The molecule has 0 bridgehead atoms. The van der Waals surface area contributed by atoms with Crippen molar-refractivity contribution in [3.63, 3.8) is 0 Å². The normalized spacial score (nSPS) is 16.5. The molecule has 0 saturated heterocycles. The lowest BCUT2D eigenvalue weighted by atomic mass is 9.97. The number of nitrogens with zero attached hydrogens (tertiary/aromatic N) is 4. The molecule has 2 aromatic heterocycles. The zero-order valence-corrected chi connectivity index (χ0v) is 21.4. The highest BCUT2D eigenvalue weighted by atomic mass is 19.1. The summed E-state index contributed by atoms with van der Waals surface area (Å²) in [5, 5.41) is 7.15. The maximum absolute atomic E-state index is 15.5. The fourth-order valence-electron chi connectivity index (χ4n) is 5.07. The van der Waals surface area contributed by atoms with E-state index in [1.54, 1.807) is 18.5 Å². The molecule has 2 aliphatic heterocycles. The first-order chi connectivity index (χ1) is 17.7. The van der Waals surface area contributed by atoms with Gasteiger partial charge in [0.1, 0.15) is 11.3 Å². The van der Waals surface area contributed by atoms with E-state index in [1.807, 2.05) is 26.8 Å². The molecule has 4 N–H and O–H groups in total. The van der Waals surface area contributed by atoms with Gasteiger partial charge in [-0.3, -0.25) is 0 Å². The zero-order chi connectivity index (χ0) is 25.9. The SMILES string of the molecule is Cc1c(-c2cc3nc(Nc4ccc5c(c4)CN(C)CC5)ncc3c(N)c2F)cnc2c1NCC(C)(C)O2. The Balaban J connectivity index is 1.38. The summed E-state index contributed by atoms with van der Waals surface area (Å²) in [5.74, 6) is 0.417. The number of nitrogens with two attached hydrogens (primary N) is 1. The van der Waals surface area contributed by atoms with E-state index in [0.717, 1.165) is 36.4 Å². The van der Waals surface area contributed by atoms with E-state index in [1.165, 1.54) is 11.1 Å². The third-order valence-corrected chi connectivity index (χ3v) is 7.19. The van der Waals surface area contributed by atoms with Crippen LogP contribution in [-0.4, -0.2) is 45.6 Å². The highest BCUT2D eigenvalue weighted by molar-refractivity contribution is 5.96. The molecule has 0 atom stereocenters. The van der Waals surface area contributed by atoms with Gasteiger partial charge in [-0.1, -0.05) is 6.07 Å². The number of benzene rings is 2. The summed E-state index contributed by atoms with van der Waals surface area (Å²) in [7, 11) is 2.13. The number of anilines is 4. The van der Waals surface area contributed by atoms with Gasteiger partial charge in [0.15, 0.2) is 5.82 Å². The molecule has 0 aliphatic carbocycles. The molecule has 0 fully saturated rings. The maximum atomic E-state index is 15.5. The summed E-state index contributed by atoms with van der Waals surface area (Å²) in [6, 6.07) is 8.05. The minimum Gasteiger partial charge on any atom is -0.468 e. The average Bonchev–Trinajstić information content (AvgIpc) is 2.86. The summed E-state index contributed by atoms with van der Waals surface area (Å²) < 4.78 is 21.5. The number of nitrogens with one attached hydrogen (secondary N) is 2. The Hall–Kier alpha value is -3.98. The van der Waals surface area contributed by atoms with Crippen LogP contribution in [0.15, 0.2) is 36.7 Å². The first-order valence-electron chi connectivity index (χ1n) is 12.4. The van der Waals surface area contributed by atoms with Gasteiger partial charge in [0.25, 0.3) is 0 Å². The van der Waals surface area contributed by atoms with E-state index < -0.39 is 5.82 Å². The van der Waals surface area contributed by atoms with Crippen LogP contribution >= 0.6 is 0 Å². The lowest BCUT2D eigenvalue weighted by Crippen LogP contribution is -2.40. The molecule has 0 radical (unpaired) electrons. The summed E-state index contributed by atoms with van der Waals surface area (Å²) >= 11 is 0. The van der Waals surface area contributed by atoms with Crippen molar-refractivity contribution in [3.8, 4) is 17.0 Å². The maximum Gasteiger partial charge on any atom is 0.238 e. The third-order valence-electron chi connectivity index (χ3n) is 7.19. The van der Waals surface area contributed by atoms with Gasteiger partial charge in [-0.15, -0.1) is 0 Å². The van der Waals surface area contributed by atoms with E-state index >= 15 is 4.39 Å². The number of fused-ring (bicyclic) bond motifs is 3. The van der Waals surface area contributed by atoms with E-state index in [9.17, 15) is 0 Å². The van der Waals surface area contributed by atoms with E-state index in [4.69, 9.17) is 10.5 Å². The molecule has 0 amide bonds. The average molecular weight is 500 g/mol. The van der Waals surface area contributed by atoms with Crippen LogP contribution in [0.1, 0.15) is 30.5 Å². The van der Waals surface area contributed by atoms with E-state index in [0.29, 0.717) is 40.4 Å². The molecule has 0 spiro atoms. The van der Waals surface area contributed by atoms with Crippen LogP contribution in [0, 0.1) is 12.7 Å². The van der Waals surface area contributed by atoms with E-state index in [2.05, 4.69) is 49.7 Å². The standard InChI is InChI=1S/C28H30FN7O/c1-15-20(11-31-26-25(15)33-14-28(2,3)37-26)19-10-22-21(24(30)23(19)29)12-32-27(35-22)34-18-6-5-16-7-8-36(4)13-17(16)9-18/h5-6,9-12,33H,7-8,13-14,30H2,1-4H3,(H,32,34,35). The first-order valence-corrected chi connectivity index (χ1v) is 12.4. The van der Waals surface area contributed by atoms with Crippen molar-refractivity contribution in [2.24, 2.45) is 0 Å². The lowest BCUT2D eigenvalue weighted by Gasteiger charge is -2.33. The second kappa shape index (κ2) is 8.55. The Kier molecular flexibility index (Phi) is 5.41. The van der Waals surface area contributed by atoms with Crippen molar-refractivity contribution in [1.82, 2.24) is 19.9 Å². The van der Waals surface area contributed by atoms with E-state index in [-0.39, 0.29) is 11.3 Å². The molecule has 0 unspecified atom stereocenters. The molecule has 6 rings (SSSR count). The Morgan fingerprint density at radius 1 is 1.14 bits per heavy atom. The fourth-order valence-corrected chi connectivity index (χ4v) is 5.07.